The monoisotopic (exact) mass is 276 g/mol. The Hall–Kier alpha value is -1.35. The van der Waals surface area contributed by atoms with E-state index in [9.17, 15) is 4.79 Å². The van der Waals surface area contributed by atoms with Crippen LogP contribution in [-0.2, 0) is 11.3 Å². The van der Waals surface area contributed by atoms with Gasteiger partial charge in [0.2, 0.25) is 5.91 Å². The van der Waals surface area contributed by atoms with E-state index in [1.165, 1.54) is 18.4 Å². The van der Waals surface area contributed by atoms with Crippen LogP contribution in [0.25, 0.3) is 0 Å². The zero-order chi connectivity index (χ0) is 14.6. The molecule has 0 fully saturated rings. The Bertz CT molecular complexity index is 365. The third-order valence-electron chi connectivity index (χ3n) is 3.45. The molecule has 3 heteroatoms. The Labute approximate surface area is 123 Å². The lowest BCUT2D eigenvalue weighted by atomic mass is 10.1. The number of nitrogens with zero attached hydrogens (tertiary/aromatic N) is 1. The highest BCUT2D eigenvalue weighted by molar-refractivity contribution is 5.76. The zero-order valence-electron chi connectivity index (χ0n) is 12.7. The van der Waals surface area contributed by atoms with E-state index >= 15 is 0 Å². The molecule has 0 spiro atoms. The molecule has 0 saturated carbocycles. The van der Waals surface area contributed by atoms with Gasteiger partial charge in [0.25, 0.3) is 0 Å². The molecule has 2 N–H and O–H groups in total. The summed E-state index contributed by atoms with van der Waals surface area (Å²) in [5, 5.41) is 0. The second-order valence-electron chi connectivity index (χ2n) is 5.25. The lowest BCUT2D eigenvalue weighted by molar-refractivity contribution is -0.132. The van der Waals surface area contributed by atoms with Crippen molar-refractivity contribution in [3.63, 3.8) is 0 Å². The maximum atomic E-state index is 12.3. The summed E-state index contributed by atoms with van der Waals surface area (Å²) in [5.41, 5.74) is 6.76. The molecule has 0 unspecified atom stereocenters. The van der Waals surface area contributed by atoms with Crippen LogP contribution in [-0.4, -0.2) is 23.9 Å². The predicted octanol–water partition coefficient (Wildman–Crippen LogP) is 3.33. The molecule has 112 valence electrons. The third-order valence-corrected chi connectivity index (χ3v) is 3.45. The number of carbonyl (C=O) groups excluding carboxylic acids is 1. The zero-order valence-corrected chi connectivity index (χ0v) is 12.7. The number of hydrogen-bond acceptors (Lipinski definition) is 2. The Morgan fingerprint density at radius 3 is 2.50 bits per heavy atom. The number of unbranched alkanes of at least 4 members (excludes halogenated alkanes) is 3. The summed E-state index contributed by atoms with van der Waals surface area (Å²) < 4.78 is 0. The van der Waals surface area contributed by atoms with E-state index in [0.717, 1.165) is 25.8 Å². The number of benzene rings is 1. The summed E-state index contributed by atoms with van der Waals surface area (Å²) in [4.78, 5) is 14.3. The van der Waals surface area contributed by atoms with Crippen molar-refractivity contribution in [1.29, 1.82) is 0 Å². The smallest absolute Gasteiger partial charge is 0.222 e. The molecule has 0 aliphatic rings. The van der Waals surface area contributed by atoms with E-state index in [1.54, 1.807) is 0 Å². The van der Waals surface area contributed by atoms with E-state index in [4.69, 9.17) is 5.73 Å². The van der Waals surface area contributed by atoms with Crippen LogP contribution >= 0.6 is 0 Å². The van der Waals surface area contributed by atoms with Gasteiger partial charge < -0.3 is 10.6 Å². The third kappa shape index (κ3) is 6.71. The van der Waals surface area contributed by atoms with Gasteiger partial charge >= 0.3 is 0 Å². The quantitative estimate of drug-likeness (QED) is 0.666. The number of hydrogen-bond donors (Lipinski definition) is 1. The molecule has 1 aromatic rings. The second-order valence-corrected chi connectivity index (χ2v) is 5.25. The summed E-state index contributed by atoms with van der Waals surface area (Å²) >= 11 is 0. The van der Waals surface area contributed by atoms with Gasteiger partial charge in [0.1, 0.15) is 0 Å². The van der Waals surface area contributed by atoms with Crippen molar-refractivity contribution in [3.8, 4) is 0 Å². The Kier molecular flexibility index (Phi) is 8.72. The molecule has 0 heterocycles. The van der Waals surface area contributed by atoms with Gasteiger partial charge in [-0.1, -0.05) is 56.5 Å². The standard InChI is InChI=1S/C17H28N2O/c1-2-3-4-8-12-17(20)19(14-9-13-18)15-16-10-6-5-7-11-16/h5-7,10-11H,2-4,8-9,12-15,18H2,1H3. The highest BCUT2D eigenvalue weighted by atomic mass is 16.2. The van der Waals surface area contributed by atoms with E-state index in [1.807, 2.05) is 23.1 Å². The molecule has 0 atom stereocenters. The van der Waals surface area contributed by atoms with Gasteiger partial charge in [0, 0.05) is 19.5 Å². The molecular weight excluding hydrogens is 248 g/mol. The largest absolute Gasteiger partial charge is 0.338 e. The van der Waals surface area contributed by atoms with Crippen molar-refractivity contribution in [3.05, 3.63) is 35.9 Å². The Morgan fingerprint density at radius 2 is 1.85 bits per heavy atom. The summed E-state index contributed by atoms with van der Waals surface area (Å²) in [6, 6.07) is 10.2. The van der Waals surface area contributed by atoms with Crippen LogP contribution in [0, 0.1) is 0 Å². The minimum atomic E-state index is 0.262. The van der Waals surface area contributed by atoms with Crippen LogP contribution in [0.5, 0.6) is 0 Å². The van der Waals surface area contributed by atoms with Crippen LogP contribution in [0.3, 0.4) is 0 Å². The van der Waals surface area contributed by atoms with Crippen molar-refractivity contribution < 1.29 is 4.79 Å². The summed E-state index contributed by atoms with van der Waals surface area (Å²) in [5.74, 6) is 0.262. The van der Waals surface area contributed by atoms with Gasteiger partial charge in [-0.3, -0.25) is 4.79 Å². The van der Waals surface area contributed by atoms with Crippen LogP contribution in [0.15, 0.2) is 30.3 Å². The summed E-state index contributed by atoms with van der Waals surface area (Å²) in [6.45, 7) is 4.28. The fourth-order valence-electron chi connectivity index (χ4n) is 2.24. The van der Waals surface area contributed by atoms with Crippen LogP contribution in [0.4, 0.5) is 0 Å². The minimum absolute atomic E-state index is 0.262. The van der Waals surface area contributed by atoms with Crippen LogP contribution in [0.2, 0.25) is 0 Å². The first-order chi connectivity index (χ1) is 9.77. The first-order valence-corrected chi connectivity index (χ1v) is 7.79. The average molecular weight is 276 g/mol. The number of amides is 1. The maximum Gasteiger partial charge on any atom is 0.222 e. The molecule has 0 bridgehead atoms. The van der Waals surface area contributed by atoms with Crippen LogP contribution < -0.4 is 5.73 Å². The van der Waals surface area contributed by atoms with E-state index in [-0.39, 0.29) is 5.91 Å². The molecule has 0 saturated heterocycles. The van der Waals surface area contributed by atoms with Gasteiger partial charge in [-0.2, -0.15) is 0 Å². The molecule has 1 aromatic carbocycles. The highest BCUT2D eigenvalue weighted by Gasteiger charge is 2.12. The molecule has 0 aromatic heterocycles. The molecular formula is C17H28N2O. The highest BCUT2D eigenvalue weighted by Crippen LogP contribution is 2.10. The van der Waals surface area contributed by atoms with Crippen molar-refractivity contribution in [2.45, 2.75) is 52.0 Å². The Balaban J connectivity index is 2.47. The van der Waals surface area contributed by atoms with Gasteiger partial charge in [0.15, 0.2) is 0 Å². The number of carbonyl (C=O) groups is 1. The molecule has 0 aliphatic carbocycles. The summed E-state index contributed by atoms with van der Waals surface area (Å²) in [6.07, 6.45) is 6.10. The van der Waals surface area contributed by atoms with Gasteiger partial charge in [-0.05, 0) is 24.9 Å². The fraction of sp³-hybridized carbons (Fsp3) is 0.588. The van der Waals surface area contributed by atoms with Gasteiger partial charge in [-0.15, -0.1) is 0 Å². The topological polar surface area (TPSA) is 46.3 Å². The predicted molar refractivity (Wildman–Crippen MR) is 84.3 cm³/mol. The fourth-order valence-corrected chi connectivity index (χ4v) is 2.24. The van der Waals surface area contributed by atoms with Crippen LogP contribution in [0.1, 0.15) is 51.0 Å². The second kappa shape index (κ2) is 10.4. The minimum Gasteiger partial charge on any atom is -0.338 e. The first-order valence-electron chi connectivity index (χ1n) is 7.79. The van der Waals surface area contributed by atoms with Crippen molar-refractivity contribution in [2.24, 2.45) is 5.73 Å². The molecule has 1 amide bonds. The molecule has 3 nitrogen and oxygen atoms in total. The number of rotatable bonds is 10. The lowest BCUT2D eigenvalue weighted by Gasteiger charge is -2.23. The number of nitrogens with two attached hydrogens (primary N) is 1. The van der Waals surface area contributed by atoms with Gasteiger partial charge in [0.05, 0.1) is 0 Å². The van der Waals surface area contributed by atoms with E-state index in [2.05, 4.69) is 19.1 Å². The molecule has 1 rings (SSSR count). The van der Waals surface area contributed by atoms with E-state index in [0.29, 0.717) is 19.5 Å². The average Bonchev–Trinajstić information content (AvgIpc) is 2.48. The lowest BCUT2D eigenvalue weighted by Crippen LogP contribution is -2.32. The molecule has 0 radical (unpaired) electrons. The van der Waals surface area contributed by atoms with Crippen molar-refractivity contribution >= 4 is 5.91 Å². The van der Waals surface area contributed by atoms with Crippen molar-refractivity contribution in [1.82, 2.24) is 4.90 Å². The van der Waals surface area contributed by atoms with Gasteiger partial charge in [-0.25, -0.2) is 0 Å². The normalized spacial score (nSPS) is 10.5. The Morgan fingerprint density at radius 1 is 1.10 bits per heavy atom. The molecule has 20 heavy (non-hydrogen) atoms. The molecule has 0 aliphatic heterocycles. The van der Waals surface area contributed by atoms with E-state index < -0.39 is 0 Å². The first kappa shape index (κ1) is 16.7. The van der Waals surface area contributed by atoms with Crippen molar-refractivity contribution in [2.75, 3.05) is 13.1 Å². The summed E-state index contributed by atoms with van der Waals surface area (Å²) in [7, 11) is 0. The SMILES string of the molecule is CCCCCCC(=O)N(CCCN)Cc1ccccc1. The maximum absolute atomic E-state index is 12.3.